The second-order valence-corrected chi connectivity index (χ2v) is 7.36. The zero-order valence-corrected chi connectivity index (χ0v) is 16.6. The lowest BCUT2D eigenvalue weighted by atomic mass is 9.87. The summed E-state index contributed by atoms with van der Waals surface area (Å²) in [6, 6.07) is 10.8. The summed E-state index contributed by atoms with van der Waals surface area (Å²) < 4.78 is 0. The van der Waals surface area contributed by atoms with Crippen LogP contribution in [0.3, 0.4) is 0 Å². The van der Waals surface area contributed by atoms with Gasteiger partial charge < -0.3 is 15.7 Å². The number of carbonyl (C=O) groups is 3. The number of hydrogen-bond acceptors (Lipinski definition) is 4. The lowest BCUT2D eigenvalue weighted by Crippen LogP contribution is -2.28. The van der Waals surface area contributed by atoms with Gasteiger partial charge in [-0.15, -0.1) is 12.3 Å². The topological polar surface area (TPSA) is 95.5 Å². The van der Waals surface area contributed by atoms with E-state index in [1.807, 2.05) is 18.2 Å². The molecule has 0 saturated heterocycles. The molecule has 2 aromatic carbocycles. The molecule has 0 saturated carbocycles. The monoisotopic (exact) mass is 404 g/mol. The number of allylic oxidation sites excluding steroid dienone is 1. The second-order valence-electron chi connectivity index (χ2n) is 7.36. The fraction of sp³-hybridized carbons (Fsp3) is 0.292. The van der Waals surface area contributed by atoms with Crippen LogP contribution >= 0.6 is 0 Å². The number of carbonyl (C=O) groups excluding carboxylic acids is 3. The van der Waals surface area contributed by atoms with Gasteiger partial charge in [-0.05, 0) is 59.5 Å². The molecule has 2 amide bonds. The van der Waals surface area contributed by atoms with E-state index in [-0.39, 0.29) is 30.6 Å². The summed E-state index contributed by atoms with van der Waals surface area (Å²) in [4.78, 5) is 36.6. The van der Waals surface area contributed by atoms with Crippen LogP contribution in [-0.4, -0.2) is 35.9 Å². The number of nitrogens with one attached hydrogen (secondary N) is 2. The zero-order valence-electron chi connectivity index (χ0n) is 16.6. The number of fused-ring (bicyclic) bond motifs is 1. The van der Waals surface area contributed by atoms with E-state index in [1.54, 1.807) is 18.2 Å². The molecular weight excluding hydrogens is 380 g/mol. The number of anilines is 1. The van der Waals surface area contributed by atoms with Gasteiger partial charge in [0.2, 0.25) is 5.91 Å². The fourth-order valence-corrected chi connectivity index (χ4v) is 3.48. The smallest absolute Gasteiger partial charge is 0.251 e. The van der Waals surface area contributed by atoms with Crippen molar-refractivity contribution >= 4 is 34.1 Å². The molecule has 0 bridgehead atoms. The van der Waals surface area contributed by atoms with Crippen molar-refractivity contribution in [3.05, 3.63) is 53.6 Å². The summed E-state index contributed by atoms with van der Waals surface area (Å²) >= 11 is 0. The third-order valence-electron chi connectivity index (χ3n) is 5.05. The average Bonchev–Trinajstić information content (AvgIpc) is 2.75. The predicted octanol–water partition coefficient (Wildman–Crippen LogP) is 2.82. The molecule has 0 heterocycles. The molecule has 1 unspecified atom stereocenters. The maximum absolute atomic E-state index is 12.6. The SMILES string of the molecule is C#CCCCNC(=O)c1ccc2cc(NC(=O)C3CC(=O)C=C(CO)C3)ccc2c1. The van der Waals surface area contributed by atoms with Gasteiger partial charge in [-0.2, -0.15) is 0 Å². The van der Waals surface area contributed by atoms with Gasteiger partial charge in [-0.3, -0.25) is 14.4 Å². The molecule has 0 aromatic heterocycles. The quantitative estimate of drug-likeness (QED) is 0.488. The molecule has 3 rings (SSSR count). The molecule has 1 aliphatic rings. The van der Waals surface area contributed by atoms with E-state index in [9.17, 15) is 19.5 Å². The zero-order chi connectivity index (χ0) is 21.5. The number of aliphatic hydroxyl groups is 1. The van der Waals surface area contributed by atoms with Crippen LogP contribution in [0, 0.1) is 18.3 Å². The lowest BCUT2D eigenvalue weighted by molar-refractivity contribution is -0.124. The second kappa shape index (κ2) is 9.86. The highest BCUT2D eigenvalue weighted by atomic mass is 16.3. The minimum absolute atomic E-state index is 0.142. The van der Waals surface area contributed by atoms with E-state index < -0.39 is 5.92 Å². The molecule has 2 aromatic rings. The van der Waals surface area contributed by atoms with Crippen LogP contribution in [0.2, 0.25) is 0 Å². The molecule has 0 radical (unpaired) electrons. The minimum Gasteiger partial charge on any atom is -0.392 e. The van der Waals surface area contributed by atoms with Gasteiger partial charge in [-0.1, -0.05) is 12.1 Å². The Bertz CT molecular complexity index is 1050. The van der Waals surface area contributed by atoms with Crippen molar-refractivity contribution in [3.8, 4) is 12.3 Å². The highest BCUT2D eigenvalue weighted by molar-refractivity contribution is 6.02. The molecule has 6 heteroatoms. The maximum atomic E-state index is 12.6. The molecule has 30 heavy (non-hydrogen) atoms. The van der Waals surface area contributed by atoms with Crippen LogP contribution in [0.25, 0.3) is 10.8 Å². The van der Waals surface area contributed by atoms with E-state index >= 15 is 0 Å². The van der Waals surface area contributed by atoms with Crippen LogP contribution in [0.15, 0.2) is 48.0 Å². The number of ketones is 1. The number of amides is 2. The molecule has 3 N–H and O–H groups in total. The lowest BCUT2D eigenvalue weighted by Gasteiger charge is -2.20. The summed E-state index contributed by atoms with van der Waals surface area (Å²) in [7, 11) is 0. The van der Waals surface area contributed by atoms with Crippen molar-refractivity contribution in [1.29, 1.82) is 0 Å². The van der Waals surface area contributed by atoms with Crippen molar-refractivity contribution < 1.29 is 19.5 Å². The molecule has 0 aliphatic heterocycles. The van der Waals surface area contributed by atoms with Crippen LogP contribution in [0.5, 0.6) is 0 Å². The largest absolute Gasteiger partial charge is 0.392 e. The van der Waals surface area contributed by atoms with Gasteiger partial charge >= 0.3 is 0 Å². The number of unbranched alkanes of at least 4 members (excludes halogenated alkanes) is 1. The molecule has 0 spiro atoms. The Kier molecular flexibility index (Phi) is 6.99. The number of hydrogen-bond donors (Lipinski definition) is 3. The first-order valence-electron chi connectivity index (χ1n) is 9.89. The molecular formula is C24H24N2O4. The number of rotatable bonds is 7. The summed E-state index contributed by atoms with van der Waals surface area (Å²) in [5, 5.41) is 16.7. The average molecular weight is 404 g/mol. The van der Waals surface area contributed by atoms with Crippen LogP contribution in [0.4, 0.5) is 5.69 Å². The van der Waals surface area contributed by atoms with Crippen molar-refractivity contribution in [2.24, 2.45) is 5.92 Å². The highest BCUT2D eigenvalue weighted by Gasteiger charge is 2.26. The van der Waals surface area contributed by atoms with Crippen LogP contribution in [0.1, 0.15) is 36.0 Å². The molecule has 154 valence electrons. The van der Waals surface area contributed by atoms with Crippen molar-refractivity contribution in [2.45, 2.75) is 25.7 Å². The third kappa shape index (κ3) is 5.34. The van der Waals surface area contributed by atoms with E-state index in [4.69, 9.17) is 6.42 Å². The standard InChI is InChI=1S/C24H24N2O4/c1-2-3-4-9-25-23(29)19-6-5-18-13-21(8-7-17(18)12-19)26-24(30)20-10-16(15-27)11-22(28)14-20/h1,5-8,11-13,20,27H,3-4,9-10,14-15H2,(H,25,29)(H,26,30). The van der Waals surface area contributed by atoms with Gasteiger partial charge in [0.25, 0.3) is 5.91 Å². The first kappa shape index (κ1) is 21.3. The number of benzene rings is 2. The van der Waals surface area contributed by atoms with Gasteiger partial charge in [0.1, 0.15) is 0 Å². The number of aliphatic hydroxyl groups excluding tert-OH is 1. The Hall–Kier alpha value is -3.43. The summed E-state index contributed by atoms with van der Waals surface area (Å²) in [5.41, 5.74) is 1.76. The Morgan fingerprint density at radius 2 is 1.90 bits per heavy atom. The molecule has 1 aliphatic carbocycles. The third-order valence-corrected chi connectivity index (χ3v) is 5.05. The molecule has 0 fully saturated rings. The predicted molar refractivity (Wildman–Crippen MR) is 116 cm³/mol. The normalized spacial score (nSPS) is 15.9. The highest BCUT2D eigenvalue weighted by Crippen LogP contribution is 2.25. The van der Waals surface area contributed by atoms with E-state index in [1.165, 1.54) is 6.08 Å². The van der Waals surface area contributed by atoms with E-state index in [0.717, 1.165) is 17.2 Å². The molecule has 1 atom stereocenters. The van der Waals surface area contributed by atoms with Crippen molar-refractivity contribution in [2.75, 3.05) is 18.5 Å². The Morgan fingerprint density at radius 1 is 1.13 bits per heavy atom. The first-order chi connectivity index (χ1) is 14.5. The van der Waals surface area contributed by atoms with Gasteiger partial charge in [0.05, 0.1) is 6.61 Å². The molecule has 6 nitrogen and oxygen atoms in total. The van der Waals surface area contributed by atoms with E-state index in [2.05, 4.69) is 16.6 Å². The Morgan fingerprint density at radius 3 is 2.67 bits per heavy atom. The fourth-order valence-electron chi connectivity index (χ4n) is 3.48. The summed E-state index contributed by atoms with van der Waals surface area (Å²) in [6.45, 7) is 0.314. The van der Waals surface area contributed by atoms with Crippen molar-refractivity contribution in [1.82, 2.24) is 5.32 Å². The maximum Gasteiger partial charge on any atom is 0.251 e. The van der Waals surface area contributed by atoms with E-state index in [0.29, 0.717) is 36.2 Å². The van der Waals surface area contributed by atoms with Gasteiger partial charge in [-0.25, -0.2) is 0 Å². The summed E-state index contributed by atoms with van der Waals surface area (Å²) in [5.74, 6) is 1.51. The number of terminal acetylenes is 1. The first-order valence-corrected chi connectivity index (χ1v) is 9.89. The van der Waals surface area contributed by atoms with Crippen molar-refractivity contribution in [3.63, 3.8) is 0 Å². The summed E-state index contributed by atoms with van der Waals surface area (Å²) in [6.07, 6.45) is 8.50. The van der Waals surface area contributed by atoms with Crippen LogP contribution < -0.4 is 10.6 Å². The Balaban J connectivity index is 1.66. The van der Waals surface area contributed by atoms with Crippen LogP contribution in [-0.2, 0) is 9.59 Å². The van der Waals surface area contributed by atoms with Gasteiger partial charge in [0.15, 0.2) is 5.78 Å². The Labute approximate surface area is 175 Å². The van der Waals surface area contributed by atoms with Gasteiger partial charge in [0, 0.05) is 36.6 Å². The minimum atomic E-state index is -0.485.